The summed E-state index contributed by atoms with van der Waals surface area (Å²) in [4.78, 5) is 32.3. The van der Waals surface area contributed by atoms with Gasteiger partial charge in [0.1, 0.15) is 6.54 Å². The third kappa shape index (κ3) is 6.23. The number of carbonyl (C=O) groups excluding carboxylic acids is 2. The van der Waals surface area contributed by atoms with Crippen LogP contribution in [0.5, 0.6) is 0 Å². The summed E-state index contributed by atoms with van der Waals surface area (Å²) < 4.78 is 5.23. The molecule has 2 amide bonds. The fourth-order valence-electron chi connectivity index (χ4n) is 4.86. The summed E-state index contributed by atoms with van der Waals surface area (Å²) >= 11 is 1.76. The molecular weight excluding hydrogens is 468 g/mol. The molecule has 1 aromatic heterocycles. The van der Waals surface area contributed by atoms with Crippen molar-refractivity contribution in [3.8, 4) is 0 Å². The molecule has 1 unspecified atom stereocenters. The van der Waals surface area contributed by atoms with E-state index in [9.17, 15) is 9.59 Å². The Labute approximate surface area is 218 Å². The number of hydrogen-bond donors (Lipinski definition) is 0. The van der Waals surface area contributed by atoms with Gasteiger partial charge in [0.25, 0.3) is 5.91 Å². The number of carbonyl (C=O) groups is 2. The molecule has 2 aromatic carbocycles. The number of ether oxygens (including phenoxy) is 1. The highest BCUT2D eigenvalue weighted by molar-refractivity contribution is 7.10. The lowest BCUT2D eigenvalue weighted by molar-refractivity contribution is -0.134. The van der Waals surface area contributed by atoms with Crippen molar-refractivity contribution < 1.29 is 14.3 Å². The minimum Gasteiger partial charge on any atom is -0.385 e. The van der Waals surface area contributed by atoms with Crippen LogP contribution in [0.3, 0.4) is 0 Å². The quantitative estimate of drug-likeness (QED) is 0.313. The monoisotopic (exact) mass is 504 g/mol. The number of benzene rings is 2. The van der Waals surface area contributed by atoms with Gasteiger partial charge in [0.2, 0.25) is 5.91 Å². The van der Waals surface area contributed by atoms with Crippen LogP contribution in [-0.2, 0) is 22.4 Å². The van der Waals surface area contributed by atoms with E-state index in [1.165, 1.54) is 16.0 Å². The van der Waals surface area contributed by atoms with Crippen molar-refractivity contribution in [2.24, 2.45) is 0 Å². The molecule has 0 radical (unpaired) electrons. The molecule has 0 aliphatic carbocycles. The zero-order valence-corrected chi connectivity index (χ0v) is 22.1. The van der Waals surface area contributed by atoms with Gasteiger partial charge in [0, 0.05) is 37.2 Å². The van der Waals surface area contributed by atoms with E-state index < -0.39 is 0 Å². The average Bonchev–Trinajstić information content (AvgIpc) is 3.40. The van der Waals surface area contributed by atoms with Gasteiger partial charge in [-0.3, -0.25) is 9.59 Å². The predicted molar refractivity (Wildman–Crippen MR) is 145 cm³/mol. The maximum absolute atomic E-state index is 13.8. The van der Waals surface area contributed by atoms with E-state index in [1.807, 2.05) is 47.4 Å². The molecule has 2 heterocycles. The normalized spacial score (nSPS) is 14.9. The van der Waals surface area contributed by atoms with E-state index in [2.05, 4.69) is 30.5 Å². The summed E-state index contributed by atoms with van der Waals surface area (Å²) in [6, 6.07) is 20.1. The number of rotatable bonds is 11. The minimum atomic E-state index is -0.123. The number of amides is 2. The summed E-state index contributed by atoms with van der Waals surface area (Å²) in [5, 5.41) is 2.11. The van der Waals surface area contributed by atoms with Gasteiger partial charge < -0.3 is 14.5 Å². The first kappa shape index (κ1) is 26.1. The number of thiophene rings is 1. The van der Waals surface area contributed by atoms with Gasteiger partial charge in [-0.25, -0.2) is 0 Å². The molecule has 4 rings (SSSR count). The third-order valence-electron chi connectivity index (χ3n) is 6.81. The lowest BCUT2D eigenvalue weighted by Gasteiger charge is -2.37. The highest BCUT2D eigenvalue weighted by Gasteiger charge is 2.34. The number of nitrogens with zero attached hydrogens (tertiary/aromatic N) is 2. The molecule has 1 aliphatic rings. The van der Waals surface area contributed by atoms with Crippen molar-refractivity contribution in [1.29, 1.82) is 0 Å². The molecule has 1 atom stereocenters. The number of unbranched alkanes of at least 4 members (excludes halogenated alkanes) is 1. The Balaban J connectivity index is 1.54. The van der Waals surface area contributed by atoms with Gasteiger partial charge in [-0.05, 0) is 66.0 Å². The Morgan fingerprint density at radius 1 is 1.06 bits per heavy atom. The second-order valence-corrected chi connectivity index (χ2v) is 10.3. The first-order valence-corrected chi connectivity index (χ1v) is 13.8. The largest absolute Gasteiger partial charge is 0.385 e. The molecule has 0 bridgehead atoms. The van der Waals surface area contributed by atoms with Gasteiger partial charge in [0.15, 0.2) is 0 Å². The van der Waals surface area contributed by atoms with Crippen LogP contribution in [0.4, 0.5) is 0 Å². The third-order valence-corrected chi connectivity index (χ3v) is 7.81. The van der Waals surface area contributed by atoms with Gasteiger partial charge in [-0.2, -0.15) is 0 Å². The fraction of sp³-hybridized carbons (Fsp3) is 0.400. The van der Waals surface area contributed by atoms with E-state index in [4.69, 9.17) is 4.74 Å². The second-order valence-electron chi connectivity index (χ2n) is 9.32. The summed E-state index contributed by atoms with van der Waals surface area (Å²) in [6.07, 6.45) is 4.82. The van der Waals surface area contributed by atoms with Crippen molar-refractivity contribution in [3.05, 3.63) is 93.2 Å². The Kier molecular flexibility index (Phi) is 9.31. The highest BCUT2D eigenvalue weighted by atomic mass is 32.1. The molecule has 6 heteroatoms. The molecule has 0 spiro atoms. The van der Waals surface area contributed by atoms with Crippen LogP contribution >= 0.6 is 11.3 Å². The summed E-state index contributed by atoms with van der Waals surface area (Å²) in [5.74, 6) is -0.128. The van der Waals surface area contributed by atoms with Gasteiger partial charge in [-0.15, -0.1) is 11.3 Å². The maximum Gasteiger partial charge on any atom is 0.254 e. The summed E-state index contributed by atoms with van der Waals surface area (Å²) in [6.45, 7) is 3.91. The van der Waals surface area contributed by atoms with Crippen molar-refractivity contribution in [2.75, 3.05) is 33.4 Å². The van der Waals surface area contributed by atoms with E-state index >= 15 is 0 Å². The fourth-order valence-corrected chi connectivity index (χ4v) is 5.77. The Morgan fingerprint density at radius 3 is 2.56 bits per heavy atom. The van der Waals surface area contributed by atoms with Crippen LogP contribution in [0.15, 0.2) is 66.0 Å². The van der Waals surface area contributed by atoms with Crippen molar-refractivity contribution in [1.82, 2.24) is 9.80 Å². The van der Waals surface area contributed by atoms with Crippen molar-refractivity contribution in [3.63, 3.8) is 0 Å². The average molecular weight is 505 g/mol. The van der Waals surface area contributed by atoms with E-state index in [0.717, 1.165) is 31.2 Å². The second kappa shape index (κ2) is 12.8. The summed E-state index contributed by atoms with van der Waals surface area (Å²) in [7, 11) is 1.66. The lowest BCUT2D eigenvalue weighted by Crippen LogP contribution is -2.47. The number of hydrogen-bond acceptors (Lipinski definition) is 4. The minimum absolute atomic E-state index is 0.0222. The summed E-state index contributed by atoms with van der Waals surface area (Å²) in [5.41, 5.74) is 4.16. The van der Waals surface area contributed by atoms with E-state index in [1.54, 1.807) is 23.3 Å². The zero-order chi connectivity index (χ0) is 25.3. The number of fused-ring (bicyclic) bond motifs is 1. The van der Waals surface area contributed by atoms with Gasteiger partial charge >= 0.3 is 0 Å². The number of methoxy groups -OCH3 is 1. The van der Waals surface area contributed by atoms with E-state index in [0.29, 0.717) is 31.7 Å². The maximum atomic E-state index is 13.8. The smallest absolute Gasteiger partial charge is 0.254 e. The lowest BCUT2D eigenvalue weighted by atomic mass is 9.93. The predicted octanol–water partition coefficient (Wildman–Crippen LogP) is 5.74. The zero-order valence-electron chi connectivity index (χ0n) is 21.3. The SMILES string of the molecule is CCCCc1ccc(C(=O)N(CCCOC)CC(=O)N2CCc3sccc3C2c2ccccc2)cc1. The standard InChI is InChI=1S/C30H36N2O3S/c1-3-4-9-23-12-14-25(15-13-23)30(34)31(18-8-20-35-2)22-28(33)32-19-16-27-26(17-21-36-27)29(32)24-10-6-5-7-11-24/h5-7,10-15,17,21,29H,3-4,8-9,16,18-20,22H2,1-2H3. The van der Waals surface area contributed by atoms with Crippen LogP contribution in [0, 0.1) is 0 Å². The van der Waals surface area contributed by atoms with Crippen LogP contribution in [0.1, 0.15) is 64.2 Å². The Bertz CT molecular complexity index is 1130. The van der Waals surface area contributed by atoms with Crippen LogP contribution in [0.25, 0.3) is 0 Å². The molecule has 0 saturated carbocycles. The molecule has 5 nitrogen and oxygen atoms in total. The molecule has 1 aliphatic heterocycles. The highest BCUT2D eigenvalue weighted by Crippen LogP contribution is 2.37. The Hall–Kier alpha value is -2.96. The number of aryl methyl sites for hydroxylation is 1. The molecule has 0 saturated heterocycles. The molecular formula is C30H36N2O3S. The molecule has 0 fully saturated rings. The van der Waals surface area contributed by atoms with Crippen LogP contribution in [-0.4, -0.2) is 55.0 Å². The van der Waals surface area contributed by atoms with Crippen molar-refractivity contribution >= 4 is 23.2 Å². The topological polar surface area (TPSA) is 49.9 Å². The first-order valence-electron chi connectivity index (χ1n) is 12.9. The molecule has 3 aromatic rings. The first-order chi connectivity index (χ1) is 17.6. The van der Waals surface area contributed by atoms with E-state index in [-0.39, 0.29) is 24.4 Å². The van der Waals surface area contributed by atoms with Crippen molar-refractivity contribution in [2.45, 2.75) is 45.1 Å². The molecule has 190 valence electrons. The van der Waals surface area contributed by atoms with Gasteiger partial charge in [-0.1, -0.05) is 55.8 Å². The van der Waals surface area contributed by atoms with Crippen LogP contribution in [0.2, 0.25) is 0 Å². The van der Waals surface area contributed by atoms with Gasteiger partial charge in [0.05, 0.1) is 6.04 Å². The molecule has 0 N–H and O–H groups in total. The molecule has 36 heavy (non-hydrogen) atoms. The van der Waals surface area contributed by atoms with Crippen LogP contribution < -0.4 is 0 Å². The Morgan fingerprint density at radius 2 is 1.83 bits per heavy atom.